The molecule has 1 aliphatic rings. The van der Waals surface area contributed by atoms with E-state index in [0.717, 1.165) is 25.8 Å². The van der Waals surface area contributed by atoms with E-state index in [9.17, 15) is 9.59 Å². The molecule has 1 aromatic carbocycles. The molecular formula is C15H19BrN2O3. The standard InChI is InChI=1S/C15H19BrN2O3/c1-2-9-5-6-17-13(7-9)14(19)18-12-8-10(15(20)21)3-4-11(12)16/h3-4,8-9,13,17H,2,5-7H2,1H3,(H,18,19)(H,20,21). The predicted molar refractivity (Wildman–Crippen MR) is 84.5 cm³/mol. The van der Waals surface area contributed by atoms with E-state index in [1.54, 1.807) is 6.07 Å². The normalized spacial score (nSPS) is 21.8. The molecule has 6 heteroatoms. The van der Waals surface area contributed by atoms with Crippen LogP contribution in [0.3, 0.4) is 0 Å². The fourth-order valence-corrected chi connectivity index (χ4v) is 2.89. The number of carboxylic acid groups (broad SMARTS) is 1. The van der Waals surface area contributed by atoms with Crippen LogP contribution in [-0.4, -0.2) is 29.6 Å². The van der Waals surface area contributed by atoms with Crippen LogP contribution >= 0.6 is 15.9 Å². The molecule has 21 heavy (non-hydrogen) atoms. The average molecular weight is 355 g/mol. The summed E-state index contributed by atoms with van der Waals surface area (Å²) in [5.41, 5.74) is 0.636. The second-order valence-corrected chi connectivity index (χ2v) is 6.15. The number of carboxylic acids is 1. The summed E-state index contributed by atoms with van der Waals surface area (Å²) < 4.78 is 0.670. The molecule has 114 valence electrons. The molecule has 1 saturated heterocycles. The van der Waals surface area contributed by atoms with Crippen molar-refractivity contribution in [3.8, 4) is 0 Å². The van der Waals surface area contributed by atoms with E-state index in [-0.39, 0.29) is 17.5 Å². The van der Waals surface area contributed by atoms with Crippen LogP contribution in [0.2, 0.25) is 0 Å². The first-order valence-electron chi connectivity index (χ1n) is 7.08. The highest BCUT2D eigenvalue weighted by Gasteiger charge is 2.26. The zero-order valence-electron chi connectivity index (χ0n) is 11.9. The molecule has 0 radical (unpaired) electrons. The van der Waals surface area contributed by atoms with Crippen LogP contribution in [0.5, 0.6) is 0 Å². The fraction of sp³-hybridized carbons (Fsp3) is 0.467. The molecule has 0 aliphatic carbocycles. The monoisotopic (exact) mass is 354 g/mol. The minimum absolute atomic E-state index is 0.114. The summed E-state index contributed by atoms with van der Waals surface area (Å²) in [6, 6.07) is 4.37. The summed E-state index contributed by atoms with van der Waals surface area (Å²) in [7, 11) is 0. The number of hydrogen-bond donors (Lipinski definition) is 3. The average Bonchev–Trinajstić information content (AvgIpc) is 2.49. The highest BCUT2D eigenvalue weighted by molar-refractivity contribution is 9.10. The Hall–Kier alpha value is -1.40. The van der Waals surface area contributed by atoms with Crippen molar-refractivity contribution >= 4 is 33.5 Å². The number of hydrogen-bond acceptors (Lipinski definition) is 3. The number of piperidine rings is 1. The van der Waals surface area contributed by atoms with Gasteiger partial charge in [0.25, 0.3) is 0 Å². The molecule has 5 nitrogen and oxygen atoms in total. The van der Waals surface area contributed by atoms with Crippen molar-refractivity contribution in [1.82, 2.24) is 5.32 Å². The van der Waals surface area contributed by atoms with E-state index in [4.69, 9.17) is 5.11 Å². The van der Waals surface area contributed by atoms with Gasteiger partial charge in [0.15, 0.2) is 0 Å². The number of rotatable bonds is 4. The maximum absolute atomic E-state index is 12.3. The SMILES string of the molecule is CCC1CCNC(C(=O)Nc2cc(C(=O)O)ccc2Br)C1. The highest BCUT2D eigenvalue weighted by Crippen LogP contribution is 2.25. The van der Waals surface area contributed by atoms with Gasteiger partial charge in [0, 0.05) is 4.47 Å². The summed E-state index contributed by atoms with van der Waals surface area (Å²) >= 11 is 3.33. The lowest BCUT2D eigenvalue weighted by Gasteiger charge is -2.29. The lowest BCUT2D eigenvalue weighted by Crippen LogP contribution is -2.46. The van der Waals surface area contributed by atoms with Gasteiger partial charge in [0.05, 0.1) is 17.3 Å². The fourth-order valence-electron chi connectivity index (χ4n) is 2.54. The Kier molecular flexibility index (Phi) is 5.36. The number of carbonyl (C=O) groups excluding carboxylic acids is 1. The maximum atomic E-state index is 12.3. The van der Waals surface area contributed by atoms with E-state index >= 15 is 0 Å². The second kappa shape index (κ2) is 7.04. The summed E-state index contributed by atoms with van der Waals surface area (Å²) in [5.74, 6) is -0.563. The quantitative estimate of drug-likeness (QED) is 0.776. The lowest BCUT2D eigenvalue weighted by atomic mass is 9.90. The van der Waals surface area contributed by atoms with Crippen molar-refractivity contribution in [2.45, 2.75) is 32.2 Å². The Labute approximate surface area is 132 Å². The topological polar surface area (TPSA) is 78.4 Å². The summed E-state index contributed by atoms with van der Waals surface area (Å²) in [4.78, 5) is 23.3. The number of amides is 1. The smallest absolute Gasteiger partial charge is 0.335 e. The third-order valence-corrected chi connectivity index (χ3v) is 4.57. The molecule has 1 aliphatic heterocycles. The van der Waals surface area contributed by atoms with Gasteiger partial charge < -0.3 is 15.7 Å². The van der Waals surface area contributed by atoms with Crippen LogP contribution in [0, 0.1) is 5.92 Å². The van der Waals surface area contributed by atoms with Crippen LogP contribution in [0.1, 0.15) is 36.5 Å². The molecule has 0 bridgehead atoms. The van der Waals surface area contributed by atoms with Crippen molar-refractivity contribution in [3.63, 3.8) is 0 Å². The molecule has 2 unspecified atom stereocenters. The minimum Gasteiger partial charge on any atom is -0.478 e. The number of carbonyl (C=O) groups is 2. The number of aromatic carboxylic acids is 1. The second-order valence-electron chi connectivity index (χ2n) is 5.29. The molecule has 1 aromatic rings. The third kappa shape index (κ3) is 4.04. The summed E-state index contributed by atoms with van der Waals surface area (Å²) in [5, 5.41) is 15.0. The van der Waals surface area contributed by atoms with Crippen LogP contribution in [-0.2, 0) is 4.79 Å². The number of anilines is 1. The first-order valence-corrected chi connectivity index (χ1v) is 7.87. The highest BCUT2D eigenvalue weighted by atomic mass is 79.9. The van der Waals surface area contributed by atoms with Crippen molar-refractivity contribution in [3.05, 3.63) is 28.2 Å². The molecule has 3 N–H and O–H groups in total. The van der Waals surface area contributed by atoms with E-state index in [0.29, 0.717) is 16.1 Å². The van der Waals surface area contributed by atoms with Gasteiger partial charge in [-0.3, -0.25) is 4.79 Å². The first-order chi connectivity index (χ1) is 10.0. The van der Waals surface area contributed by atoms with Gasteiger partial charge in [0.1, 0.15) is 0 Å². The molecule has 1 amide bonds. The van der Waals surface area contributed by atoms with Gasteiger partial charge in [-0.15, -0.1) is 0 Å². The molecule has 1 fully saturated rings. The largest absolute Gasteiger partial charge is 0.478 e. The molecule has 2 rings (SSSR count). The van der Waals surface area contributed by atoms with E-state index in [1.165, 1.54) is 12.1 Å². The predicted octanol–water partition coefficient (Wildman–Crippen LogP) is 2.86. The molecule has 2 atom stereocenters. The van der Waals surface area contributed by atoms with Gasteiger partial charge in [-0.05, 0) is 59.4 Å². The Morgan fingerprint density at radius 3 is 2.90 bits per heavy atom. The lowest BCUT2D eigenvalue weighted by molar-refractivity contribution is -0.119. The number of benzene rings is 1. The Balaban J connectivity index is 2.08. The van der Waals surface area contributed by atoms with Crippen LogP contribution in [0.15, 0.2) is 22.7 Å². The summed E-state index contributed by atoms with van der Waals surface area (Å²) in [6.45, 7) is 2.98. The van der Waals surface area contributed by atoms with Crippen molar-refractivity contribution < 1.29 is 14.7 Å². The molecule has 0 spiro atoms. The molecular weight excluding hydrogens is 336 g/mol. The van der Waals surface area contributed by atoms with E-state index in [1.807, 2.05) is 0 Å². The number of halogens is 1. The molecule has 0 saturated carbocycles. The van der Waals surface area contributed by atoms with Gasteiger partial charge in [-0.25, -0.2) is 4.79 Å². The summed E-state index contributed by atoms with van der Waals surface area (Å²) in [6.07, 6.45) is 2.99. The van der Waals surface area contributed by atoms with Crippen LogP contribution in [0.25, 0.3) is 0 Å². The van der Waals surface area contributed by atoms with Crippen LogP contribution in [0.4, 0.5) is 5.69 Å². The van der Waals surface area contributed by atoms with Crippen molar-refractivity contribution in [1.29, 1.82) is 0 Å². The minimum atomic E-state index is -1.01. The van der Waals surface area contributed by atoms with Crippen molar-refractivity contribution in [2.75, 3.05) is 11.9 Å². The molecule has 1 heterocycles. The van der Waals surface area contributed by atoms with E-state index < -0.39 is 5.97 Å². The van der Waals surface area contributed by atoms with Crippen LogP contribution < -0.4 is 10.6 Å². The third-order valence-electron chi connectivity index (χ3n) is 3.88. The van der Waals surface area contributed by atoms with E-state index in [2.05, 4.69) is 33.5 Å². The number of nitrogens with one attached hydrogen (secondary N) is 2. The Bertz CT molecular complexity index is 548. The first kappa shape index (κ1) is 16.0. The van der Waals surface area contributed by atoms with Gasteiger partial charge >= 0.3 is 5.97 Å². The van der Waals surface area contributed by atoms with Gasteiger partial charge in [-0.1, -0.05) is 13.3 Å². The molecule has 0 aromatic heterocycles. The van der Waals surface area contributed by atoms with Gasteiger partial charge in [0.2, 0.25) is 5.91 Å². The zero-order valence-corrected chi connectivity index (χ0v) is 13.4. The zero-order chi connectivity index (χ0) is 15.4. The Morgan fingerprint density at radius 2 is 2.24 bits per heavy atom. The van der Waals surface area contributed by atoms with Gasteiger partial charge in [-0.2, -0.15) is 0 Å². The Morgan fingerprint density at radius 1 is 1.48 bits per heavy atom. The van der Waals surface area contributed by atoms with Crippen molar-refractivity contribution in [2.24, 2.45) is 5.92 Å². The maximum Gasteiger partial charge on any atom is 0.335 e.